The number of aryl methyl sites for hydroxylation is 1. The van der Waals surface area contributed by atoms with Gasteiger partial charge >= 0.3 is 6.18 Å². The molecule has 41 heavy (non-hydrogen) atoms. The van der Waals surface area contributed by atoms with Gasteiger partial charge in [-0.2, -0.15) is 18.3 Å². The maximum absolute atomic E-state index is 13.4. The van der Waals surface area contributed by atoms with E-state index in [-0.39, 0.29) is 23.1 Å². The van der Waals surface area contributed by atoms with Crippen LogP contribution in [0.3, 0.4) is 0 Å². The topological polar surface area (TPSA) is 155 Å². The molecule has 0 saturated heterocycles. The first-order chi connectivity index (χ1) is 19.6. The van der Waals surface area contributed by atoms with Gasteiger partial charge in [-0.1, -0.05) is 20.8 Å². The number of halogens is 3. The maximum Gasteiger partial charge on any atom is 0.433 e. The molecule has 0 spiro atoms. The second-order valence-corrected chi connectivity index (χ2v) is 8.81. The fourth-order valence-electron chi connectivity index (χ4n) is 3.98. The number of carbonyl (C=O) groups is 2. The molecule has 0 aliphatic heterocycles. The van der Waals surface area contributed by atoms with Crippen molar-refractivity contribution in [3.63, 3.8) is 0 Å². The average Bonchev–Trinajstić information content (AvgIpc) is 3.61. The molecule has 3 aromatic heterocycles. The minimum atomic E-state index is -4.60. The van der Waals surface area contributed by atoms with Gasteiger partial charge < -0.3 is 21.7 Å². The third-order valence-electron chi connectivity index (χ3n) is 5.97. The van der Waals surface area contributed by atoms with E-state index in [1.54, 1.807) is 19.1 Å². The van der Waals surface area contributed by atoms with Crippen molar-refractivity contribution in [3.05, 3.63) is 59.8 Å². The Labute approximate surface area is 235 Å². The molecule has 4 aromatic rings. The lowest BCUT2D eigenvalue weighted by atomic mass is 10.0. The van der Waals surface area contributed by atoms with Gasteiger partial charge in [-0.25, -0.2) is 9.97 Å². The van der Waals surface area contributed by atoms with E-state index in [4.69, 9.17) is 5.73 Å². The number of aromatic nitrogens is 5. The van der Waals surface area contributed by atoms with Crippen LogP contribution in [-0.2, 0) is 17.4 Å². The molecule has 0 radical (unpaired) electrons. The summed E-state index contributed by atoms with van der Waals surface area (Å²) in [5.41, 5.74) is 6.85. The molecule has 220 valence electrons. The van der Waals surface area contributed by atoms with Crippen LogP contribution in [0.5, 0.6) is 0 Å². The summed E-state index contributed by atoms with van der Waals surface area (Å²) in [5.74, 6) is -0.161. The average molecular weight is 574 g/mol. The summed E-state index contributed by atoms with van der Waals surface area (Å²) in [6.45, 7) is 8.29. The second kappa shape index (κ2) is 13.7. The highest BCUT2D eigenvalue weighted by Gasteiger charge is 2.36. The summed E-state index contributed by atoms with van der Waals surface area (Å²) in [4.78, 5) is 32.8. The monoisotopic (exact) mass is 573 g/mol. The quantitative estimate of drug-likeness (QED) is 0.179. The van der Waals surface area contributed by atoms with Gasteiger partial charge in [0.1, 0.15) is 5.69 Å². The maximum atomic E-state index is 13.4. The van der Waals surface area contributed by atoms with E-state index in [2.05, 4.69) is 31.0 Å². The Hall–Kier alpha value is -4.46. The smallest absolute Gasteiger partial charge is 0.355 e. The number of amides is 2. The Morgan fingerprint density at radius 1 is 1.12 bits per heavy atom. The molecule has 0 aliphatic rings. The lowest BCUT2D eigenvalue weighted by Gasteiger charge is -2.13. The van der Waals surface area contributed by atoms with Gasteiger partial charge in [0.05, 0.1) is 29.7 Å². The first-order valence-corrected chi connectivity index (χ1v) is 13.2. The van der Waals surface area contributed by atoms with Crippen molar-refractivity contribution in [2.24, 2.45) is 5.73 Å². The number of carbonyl (C=O) groups excluding carboxylic acids is 2. The number of nitrogens with two attached hydrogens (primary N) is 1. The van der Waals surface area contributed by atoms with Gasteiger partial charge in [0.15, 0.2) is 11.5 Å². The molecule has 4 rings (SSSR count). The van der Waals surface area contributed by atoms with E-state index in [1.165, 1.54) is 23.0 Å². The molecule has 2 amide bonds. The predicted molar refractivity (Wildman–Crippen MR) is 150 cm³/mol. The van der Waals surface area contributed by atoms with Crippen molar-refractivity contribution in [1.82, 2.24) is 35.2 Å². The molecule has 3 heterocycles. The van der Waals surface area contributed by atoms with Gasteiger partial charge in [-0.3, -0.25) is 19.1 Å². The molecule has 1 atom stereocenters. The summed E-state index contributed by atoms with van der Waals surface area (Å²) in [6.07, 6.45) is 1.93. The molecule has 11 nitrogen and oxygen atoms in total. The fourth-order valence-corrected chi connectivity index (χ4v) is 3.98. The van der Waals surface area contributed by atoms with Gasteiger partial charge in [-0.15, -0.1) is 0 Å². The number of aromatic amines is 1. The molecule has 14 heteroatoms. The highest BCUT2D eigenvalue weighted by molar-refractivity contribution is 5.96. The van der Waals surface area contributed by atoms with Crippen molar-refractivity contribution >= 4 is 29.0 Å². The third kappa shape index (κ3) is 7.39. The van der Waals surface area contributed by atoms with Crippen LogP contribution in [0.2, 0.25) is 0 Å². The molecule has 0 aliphatic carbocycles. The van der Waals surface area contributed by atoms with Crippen LogP contribution in [0.1, 0.15) is 55.7 Å². The Bertz CT molecular complexity index is 1480. The number of rotatable bonds is 10. The van der Waals surface area contributed by atoms with Crippen molar-refractivity contribution in [2.75, 3.05) is 18.4 Å². The molecule has 6 N–H and O–H groups in total. The summed E-state index contributed by atoms with van der Waals surface area (Å²) in [5, 5.41) is 14.2. The van der Waals surface area contributed by atoms with Crippen LogP contribution in [-0.4, -0.2) is 55.5 Å². The first kappa shape index (κ1) is 31.1. The lowest BCUT2D eigenvalue weighted by molar-refractivity contribution is -0.140. The summed E-state index contributed by atoms with van der Waals surface area (Å²) in [6, 6.07) is 4.62. The molecular weight excluding hydrogens is 539 g/mol. The zero-order valence-electron chi connectivity index (χ0n) is 23.3. The SMILES string of the molecule is CC.CCc1cc(Nc2nccn3c(-c4cn[nH]c4C(F)(F)F)cnc23)ccc1C(=O)NCCCNC(=O)C(C)N. The Morgan fingerprint density at radius 3 is 2.54 bits per heavy atom. The van der Waals surface area contributed by atoms with Gasteiger partial charge in [0.2, 0.25) is 5.91 Å². The van der Waals surface area contributed by atoms with Crippen LogP contribution in [0.4, 0.5) is 24.7 Å². The number of benzene rings is 1. The fraction of sp³-hybridized carbons (Fsp3) is 0.370. The lowest BCUT2D eigenvalue weighted by Crippen LogP contribution is -2.39. The van der Waals surface area contributed by atoms with Gasteiger partial charge in [0.25, 0.3) is 5.91 Å². The number of hydrogen-bond acceptors (Lipinski definition) is 7. The van der Waals surface area contributed by atoms with E-state index in [1.807, 2.05) is 31.9 Å². The highest BCUT2D eigenvalue weighted by atomic mass is 19.4. The van der Waals surface area contributed by atoms with Gasteiger partial charge in [-0.05, 0) is 43.5 Å². The zero-order chi connectivity index (χ0) is 30.2. The van der Waals surface area contributed by atoms with E-state index < -0.39 is 17.9 Å². The Kier molecular flexibility index (Phi) is 10.4. The molecular formula is C27H34F3N9O2. The van der Waals surface area contributed by atoms with Crippen molar-refractivity contribution < 1.29 is 22.8 Å². The molecule has 0 bridgehead atoms. The van der Waals surface area contributed by atoms with Crippen LogP contribution in [0.25, 0.3) is 16.9 Å². The van der Waals surface area contributed by atoms with E-state index >= 15 is 0 Å². The molecule has 0 fully saturated rings. The molecule has 0 saturated carbocycles. The Balaban J connectivity index is 0.00000226. The van der Waals surface area contributed by atoms with E-state index in [0.29, 0.717) is 48.6 Å². The van der Waals surface area contributed by atoms with Crippen molar-refractivity contribution in [2.45, 2.75) is 52.8 Å². The van der Waals surface area contributed by atoms with E-state index in [0.717, 1.165) is 11.8 Å². The number of imidazole rings is 1. The summed E-state index contributed by atoms with van der Waals surface area (Å²) >= 11 is 0. The summed E-state index contributed by atoms with van der Waals surface area (Å²) < 4.78 is 41.7. The third-order valence-corrected chi connectivity index (χ3v) is 5.97. The number of alkyl halides is 3. The highest BCUT2D eigenvalue weighted by Crippen LogP contribution is 2.36. The van der Waals surface area contributed by atoms with Crippen LogP contribution < -0.4 is 21.7 Å². The van der Waals surface area contributed by atoms with Crippen LogP contribution in [0, 0.1) is 0 Å². The van der Waals surface area contributed by atoms with Crippen LogP contribution >= 0.6 is 0 Å². The van der Waals surface area contributed by atoms with Crippen molar-refractivity contribution in [1.29, 1.82) is 0 Å². The largest absolute Gasteiger partial charge is 0.433 e. The minimum Gasteiger partial charge on any atom is -0.355 e. The van der Waals surface area contributed by atoms with E-state index in [9.17, 15) is 22.8 Å². The normalized spacial score (nSPS) is 11.9. The standard InChI is InChI=1S/C25H28F3N9O2.C2H6/c1-3-15-11-16(5-6-17(15)24(39)32-8-4-7-31-23(38)14(2)29)35-21-22-33-13-19(37(22)10-9-30-21)18-12-34-36-20(18)25(26,27)28;1-2/h5-6,9-14H,3-4,7-8,29H2,1-2H3,(H,30,35)(H,31,38)(H,32,39)(H,34,36);1-2H3. The molecule has 1 aromatic carbocycles. The van der Waals surface area contributed by atoms with Crippen LogP contribution in [0.15, 0.2) is 43.0 Å². The number of H-pyrrole nitrogens is 1. The predicted octanol–water partition coefficient (Wildman–Crippen LogP) is 4.05. The molecule has 1 unspecified atom stereocenters. The number of anilines is 2. The number of nitrogens with one attached hydrogen (secondary N) is 4. The number of nitrogens with zero attached hydrogens (tertiary/aromatic N) is 4. The number of hydrogen-bond donors (Lipinski definition) is 5. The number of fused-ring (bicyclic) bond motifs is 1. The summed E-state index contributed by atoms with van der Waals surface area (Å²) in [7, 11) is 0. The second-order valence-electron chi connectivity index (χ2n) is 8.81. The van der Waals surface area contributed by atoms with Gasteiger partial charge in [0, 0.05) is 36.7 Å². The minimum absolute atomic E-state index is 0.132. The Morgan fingerprint density at radius 2 is 1.85 bits per heavy atom. The van der Waals surface area contributed by atoms with Crippen molar-refractivity contribution in [3.8, 4) is 11.3 Å². The zero-order valence-corrected chi connectivity index (χ0v) is 23.3. The first-order valence-electron chi connectivity index (χ1n) is 13.2.